The number of carbonyl (C=O) groups is 1. The van der Waals surface area contributed by atoms with Gasteiger partial charge >= 0.3 is 0 Å². The maximum atomic E-state index is 12.1. The van der Waals surface area contributed by atoms with Gasteiger partial charge in [0.2, 0.25) is 10.0 Å². The number of carbonyl (C=O) groups excluding carboxylic acids is 1. The van der Waals surface area contributed by atoms with E-state index in [1.54, 1.807) is 18.2 Å². The van der Waals surface area contributed by atoms with Gasteiger partial charge < -0.3 is 5.32 Å². The summed E-state index contributed by atoms with van der Waals surface area (Å²) >= 11 is 5.75. The lowest BCUT2D eigenvalue weighted by atomic mass is 10.2. The van der Waals surface area contributed by atoms with Crippen molar-refractivity contribution in [2.45, 2.75) is 17.7 Å². The van der Waals surface area contributed by atoms with Gasteiger partial charge in [0.1, 0.15) is 5.15 Å². The predicted octanol–water partition coefficient (Wildman–Crippen LogP) is 2.68. The van der Waals surface area contributed by atoms with E-state index in [0.717, 1.165) is 12.8 Å². The Bertz CT molecular complexity index is 849. The lowest BCUT2D eigenvalue weighted by Crippen LogP contribution is -2.25. The highest BCUT2D eigenvalue weighted by molar-refractivity contribution is 7.89. The average Bonchev–Trinajstić information content (AvgIpc) is 3.38. The van der Waals surface area contributed by atoms with Crippen molar-refractivity contribution in [2.75, 3.05) is 11.9 Å². The van der Waals surface area contributed by atoms with E-state index in [1.807, 2.05) is 0 Å². The molecule has 0 radical (unpaired) electrons. The number of anilines is 1. The van der Waals surface area contributed by atoms with E-state index < -0.39 is 10.0 Å². The number of benzene rings is 1. The summed E-state index contributed by atoms with van der Waals surface area (Å²) < 4.78 is 26.9. The zero-order chi connectivity index (χ0) is 17.2. The van der Waals surface area contributed by atoms with Crippen molar-refractivity contribution in [1.29, 1.82) is 0 Å². The van der Waals surface area contributed by atoms with E-state index >= 15 is 0 Å². The Hall–Kier alpha value is -1.96. The van der Waals surface area contributed by atoms with Crippen LogP contribution in [0.1, 0.15) is 23.2 Å². The Kier molecular flexibility index (Phi) is 4.84. The first-order valence-corrected chi connectivity index (χ1v) is 9.33. The third-order valence-corrected chi connectivity index (χ3v) is 5.32. The second-order valence-electron chi connectivity index (χ2n) is 5.64. The SMILES string of the molecule is O=C(Nc1ccc(S(=O)(=O)NCC2CC2)cc1)c1ccnc(Cl)c1. The summed E-state index contributed by atoms with van der Waals surface area (Å²) in [6, 6.07) is 9.02. The van der Waals surface area contributed by atoms with Crippen LogP contribution in [-0.2, 0) is 10.0 Å². The Balaban J connectivity index is 1.66. The minimum absolute atomic E-state index is 0.174. The third-order valence-electron chi connectivity index (χ3n) is 3.67. The first-order chi connectivity index (χ1) is 11.4. The Morgan fingerprint density at radius 3 is 2.54 bits per heavy atom. The smallest absolute Gasteiger partial charge is 0.255 e. The highest BCUT2D eigenvalue weighted by Gasteiger charge is 2.24. The van der Waals surface area contributed by atoms with E-state index in [2.05, 4.69) is 15.0 Å². The largest absolute Gasteiger partial charge is 0.322 e. The first kappa shape index (κ1) is 16.9. The van der Waals surface area contributed by atoms with Gasteiger partial charge in [-0.05, 0) is 55.2 Å². The molecule has 0 unspecified atom stereocenters. The van der Waals surface area contributed by atoms with Gasteiger partial charge in [-0.15, -0.1) is 0 Å². The van der Waals surface area contributed by atoms with E-state index in [1.165, 1.54) is 24.4 Å². The summed E-state index contributed by atoms with van der Waals surface area (Å²) in [7, 11) is -3.51. The molecule has 24 heavy (non-hydrogen) atoms. The molecule has 1 amide bonds. The van der Waals surface area contributed by atoms with Crippen LogP contribution in [0.2, 0.25) is 5.15 Å². The number of pyridine rings is 1. The number of hydrogen-bond acceptors (Lipinski definition) is 4. The lowest BCUT2D eigenvalue weighted by molar-refractivity contribution is 0.102. The second kappa shape index (κ2) is 6.88. The molecule has 2 N–H and O–H groups in total. The summed E-state index contributed by atoms with van der Waals surface area (Å²) in [5, 5.41) is 2.91. The van der Waals surface area contributed by atoms with Gasteiger partial charge in [-0.1, -0.05) is 11.6 Å². The molecule has 2 aromatic rings. The van der Waals surface area contributed by atoms with Gasteiger partial charge in [0.05, 0.1) is 4.90 Å². The number of rotatable bonds is 6. The molecule has 1 aromatic carbocycles. The second-order valence-corrected chi connectivity index (χ2v) is 7.80. The van der Waals surface area contributed by atoms with Gasteiger partial charge in [-0.25, -0.2) is 18.1 Å². The molecule has 1 saturated carbocycles. The van der Waals surface area contributed by atoms with Crippen molar-refractivity contribution < 1.29 is 13.2 Å². The molecule has 1 aromatic heterocycles. The molecule has 3 rings (SSSR count). The van der Waals surface area contributed by atoms with Crippen molar-refractivity contribution in [3.05, 3.63) is 53.3 Å². The van der Waals surface area contributed by atoms with Crippen LogP contribution in [0.15, 0.2) is 47.5 Å². The quantitative estimate of drug-likeness (QED) is 0.770. The Morgan fingerprint density at radius 2 is 1.92 bits per heavy atom. The van der Waals surface area contributed by atoms with Gasteiger partial charge in [-0.2, -0.15) is 0 Å². The van der Waals surface area contributed by atoms with Gasteiger partial charge in [0.25, 0.3) is 5.91 Å². The standard InChI is InChI=1S/C16H16ClN3O3S/c17-15-9-12(7-8-18-15)16(21)20-13-3-5-14(6-4-13)24(22,23)19-10-11-1-2-11/h3-9,11,19H,1-2,10H2,(H,20,21). The van der Waals surface area contributed by atoms with E-state index in [0.29, 0.717) is 23.7 Å². The first-order valence-electron chi connectivity index (χ1n) is 7.47. The molecule has 8 heteroatoms. The molecule has 1 heterocycles. The van der Waals surface area contributed by atoms with Crippen LogP contribution < -0.4 is 10.0 Å². The van der Waals surface area contributed by atoms with Crippen molar-refractivity contribution in [1.82, 2.24) is 9.71 Å². The summed E-state index contributed by atoms with van der Waals surface area (Å²) in [6.07, 6.45) is 3.59. The minimum atomic E-state index is -3.51. The molecule has 0 atom stereocenters. The van der Waals surface area contributed by atoms with Crippen LogP contribution >= 0.6 is 11.6 Å². The normalized spacial score (nSPS) is 14.4. The molecule has 0 aliphatic heterocycles. The lowest BCUT2D eigenvalue weighted by Gasteiger charge is -2.08. The number of nitrogens with one attached hydrogen (secondary N) is 2. The van der Waals surface area contributed by atoms with Crippen LogP contribution in [0.3, 0.4) is 0 Å². The maximum absolute atomic E-state index is 12.1. The minimum Gasteiger partial charge on any atom is -0.322 e. The van der Waals surface area contributed by atoms with E-state index in [4.69, 9.17) is 11.6 Å². The molecule has 0 bridgehead atoms. The molecule has 6 nitrogen and oxygen atoms in total. The van der Waals surface area contributed by atoms with Crippen LogP contribution in [0.4, 0.5) is 5.69 Å². The fourth-order valence-electron chi connectivity index (χ4n) is 2.10. The highest BCUT2D eigenvalue weighted by Crippen LogP contribution is 2.28. The number of nitrogens with zero attached hydrogens (tertiary/aromatic N) is 1. The Morgan fingerprint density at radius 1 is 1.21 bits per heavy atom. The molecule has 126 valence electrons. The molecule has 1 fully saturated rings. The number of halogens is 1. The van der Waals surface area contributed by atoms with Crippen molar-refractivity contribution >= 4 is 33.2 Å². The summed E-state index contributed by atoms with van der Waals surface area (Å²) in [5.74, 6) is 0.118. The van der Waals surface area contributed by atoms with Gasteiger partial charge in [-0.3, -0.25) is 4.79 Å². The molecule has 0 spiro atoms. The van der Waals surface area contributed by atoms with Crippen LogP contribution in [-0.4, -0.2) is 25.9 Å². The highest BCUT2D eigenvalue weighted by atomic mass is 35.5. The van der Waals surface area contributed by atoms with Crippen molar-refractivity contribution in [2.24, 2.45) is 5.92 Å². The fraction of sp³-hybridized carbons (Fsp3) is 0.250. The molecular weight excluding hydrogens is 350 g/mol. The third kappa shape index (κ3) is 4.31. The van der Waals surface area contributed by atoms with Crippen LogP contribution in [0.5, 0.6) is 0 Å². The van der Waals surface area contributed by atoms with Crippen LogP contribution in [0.25, 0.3) is 0 Å². The number of amides is 1. The summed E-state index contributed by atoms with van der Waals surface area (Å²) in [4.78, 5) is 16.1. The van der Waals surface area contributed by atoms with Crippen molar-refractivity contribution in [3.8, 4) is 0 Å². The van der Waals surface area contributed by atoms with Gasteiger partial charge in [0.15, 0.2) is 0 Å². The fourth-order valence-corrected chi connectivity index (χ4v) is 3.39. The molecular formula is C16H16ClN3O3S. The van der Waals surface area contributed by atoms with Crippen molar-refractivity contribution in [3.63, 3.8) is 0 Å². The predicted molar refractivity (Wildman–Crippen MR) is 91.6 cm³/mol. The maximum Gasteiger partial charge on any atom is 0.255 e. The summed E-state index contributed by atoms with van der Waals surface area (Å²) in [5.41, 5.74) is 0.867. The van der Waals surface area contributed by atoms with Crippen LogP contribution in [0, 0.1) is 5.92 Å². The monoisotopic (exact) mass is 365 g/mol. The molecule has 0 saturated heterocycles. The Labute approximate surface area is 145 Å². The topological polar surface area (TPSA) is 88.2 Å². The average molecular weight is 366 g/mol. The van der Waals surface area contributed by atoms with E-state index in [-0.39, 0.29) is 16.0 Å². The number of aromatic nitrogens is 1. The number of sulfonamides is 1. The van der Waals surface area contributed by atoms with Gasteiger partial charge in [0, 0.05) is 24.0 Å². The molecule has 1 aliphatic rings. The molecule has 1 aliphatic carbocycles. The zero-order valence-electron chi connectivity index (χ0n) is 12.7. The van der Waals surface area contributed by atoms with E-state index in [9.17, 15) is 13.2 Å². The zero-order valence-corrected chi connectivity index (χ0v) is 14.3. The summed E-state index contributed by atoms with van der Waals surface area (Å²) in [6.45, 7) is 0.476. The number of hydrogen-bond donors (Lipinski definition) is 2.